The molecule has 0 saturated carbocycles. The van der Waals surface area contributed by atoms with Crippen molar-refractivity contribution in [3.8, 4) is 0 Å². The average molecular weight is 199 g/mol. The number of fused-ring (bicyclic) bond motifs is 3. The Morgan fingerprint density at radius 1 is 1.40 bits per heavy atom. The van der Waals surface area contributed by atoms with Gasteiger partial charge in [-0.25, -0.2) is 0 Å². The van der Waals surface area contributed by atoms with Gasteiger partial charge in [0, 0.05) is 11.8 Å². The van der Waals surface area contributed by atoms with Gasteiger partial charge in [-0.05, 0) is 30.0 Å². The molecular weight excluding hydrogens is 186 g/mol. The van der Waals surface area contributed by atoms with Crippen molar-refractivity contribution in [2.75, 3.05) is 0 Å². The minimum Gasteiger partial charge on any atom is -0.455 e. The lowest BCUT2D eigenvalue weighted by atomic mass is 9.81. The van der Waals surface area contributed by atoms with Gasteiger partial charge in [0.1, 0.15) is 11.3 Å². The summed E-state index contributed by atoms with van der Waals surface area (Å²) in [6.07, 6.45) is 7.10. The van der Waals surface area contributed by atoms with Crippen molar-refractivity contribution in [3.05, 3.63) is 35.7 Å². The van der Waals surface area contributed by atoms with Crippen LogP contribution in [0.1, 0.15) is 25.2 Å². The molecule has 2 heterocycles. The Bertz CT molecular complexity index is 549. The number of nitrogens with zero attached hydrogens (tertiary/aromatic N) is 1. The summed E-state index contributed by atoms with van der Waals surface area (Å²) in [6.45, 7) is 4.46. The topological polar surface area (TPSA) is 26.0 Å². The van der Waals surface area contributed by atoms with Gasteiger partial charge in [0.15, 0.2) is 5.58 Å². The predicted molar refractivity (Wildman–Crippen MR) is 60.5 cm³/mol. The Labute approximate surface area is 88.6 Å². The molecule has 0 fully saturated rings. The summed E-state index contributed by atoms with van der Waals surface area (Å²) < 4.78 is 5.73. The van der Waals surface area contributed by atoms with Gasteiger partial charge >= 0.3 is 0 Å². The maximum Gasteiger partial charge on any atom is 0.153 e. The third-order valence-corrected chi connectivity index (χ3v) is 2.89. The van der Waals surface area contributed by atoms with E-state index in [2.05, 4.69) is 31.0 Å². The average Bonchev–Trinajstić information content (AvgIpc) is 2.55. The molecular formula is C13H13NO. The van der Waals surface area contributed by atoms with Crippen LogP contribution in [0, 0.1) is 5.41 Å². The van der Waals surface area contributed by atoms with E-state index < -0.39 is 0 Å². The van der Waals surface area contributed by atoms with Gasteiger partial charge in [-0.3, -0.25) is 4.98 Å². The van der Waals surface area contributed by atoms with Gasteiger partial charge in [0.25, 0.3) is 0 Å². The molecule has 0 spiro atoms. The van der Waals surface area contributed by atoms with Crippen LogP contribution in [0.15, 0.2) is 28.8 Å². The molecule has 1 aliphatic carbocycles. The summed E-state index contributed by atoms with van der Waals surface area (Å²) in [6, 6.07) is 3.88. The van der Waals surface area contributed by atoms with E-state index in [1.54, 1.807) is 0 Å². The van der Waals surface area contributed by atoms with E-state index in [0.717, 1.165) is 23.3 Å². The normalized spacial score (nSPS) is 18.0. The zero-order valence-corrected chi connectivity index (χ0v) is 8.95. The van der Waals surface area contributed by atoms with Crippen LogP contribution in [0.3, 0.4) is 0 Å². The number of pyridine rings is 1. The molecule has 0 saturated heterocycles. The van der Waals surface area contributed by atoms with Crippen molar-refractivity contribution in [2.45, 2.75) is 20.3 Å². The second-order valence-electron chi connectivity index (χ2n) is 4.79. The minimum absolute atomic E-state index is 0.210. The number of hydrogen-bond donors (Lipinski definition) is 0. The van der Waals surface area contributed by atoms with Gasteiger partial charge in [-0.2, -0.15) is 0 Å². The van der Waals surface area contributed by atoms with E-state index in [4.69, 9.17) is 4.42 Å². The van der Waals surface area contributed by atoms with Crippen LogP contribution < -0.4 is 0 Å². The molecule has 0 bridgehead atoms. The Hall–Kier alpha value is -1.57. The SMILES string of the molecule is CC1(C)C=Cc2oc3cccnc3c2C1. The second-order valence-corrected chi connectivity index (χ2v) is 4.79. The summed E-state index contributed by atoms with van der Waals surface area (Å²) in [5.74, 6) is 0.975. The Kier molecular flexibility index (Phi) is 1.58. The fourth-order valence-corrected chi connectivity index (χ4v) is 2.12. The van der Waals surface area contributed by atoms with Gasteiger partial charge in [0.2, 0.25) is 0 Å². The van der Waals surface area contributed by atoms with Crippen LogP contribution in [0.4, 0.5) is 0 Å². The first-order valence-electron chi connectivity index (χ1n) is 5.21. The highest BCUT2D eigenvalue weighted by molar-refractivity contribution is 5.81. The number of aromatic nitrogens is 1. The molecule has 15 heavy (non-hydrogen) atoms. The third-order valence-electron chi connectivity index (χ3n) is 2.89. The second kappa shape index (κ2) is 2.72. The molecule has 2 nitrogen and oxygen atoms in total. The van der Waals surface area contributed by atoms with Crippen LogP contribution in [0.5, 0.6) is 0 Å². The fraction of sp³-hybridized carbons (Fsp3) is 0.308. The maximum absolute atomic E-state index is 5.73. The molecule has 0 atom stereocenters. The number of rotatable bonds is 0. The lowest BCUT2D eigenvalue weighted by molar-refractivity contribution is 0.465. The van der Waals surface area contributed by atoms with Crippen LogP contribution in [0.25, 0.3) is 17.2 Å². The molecule has 2 aromatic heterocycles. The Morgan fingerprint density at radius 2 is 2.27 bits per heavy atom. The molecule has 2 aromatic rings. The molecule has 76 valence electrons. The summed E-state index contributed by atoms with van der Waals surface area (Å²) in [4.78, 5) is 4.39. The van der Waals surface area contributed by atoms with Gasteiger partial charge in [-0.15, -0.1) is 0 Å². The van der Waals surface area contributed by atoms with Gasteiger partial charge < -0.3 is 4.42 Å². The van der Waals surface area contributed by atoms with E-state index in [1.165, 1.54) is 5.56 Å². The van der Waals surface area contributed by atoms with Crippen molar-refractivity contribution >= 4 is 17.2 Å². The van der Waals surface area contributed by atoms with Crippen molar-refractivity contribution in [2.24, 2.45) is 5.41 Å². The van der Waals surface area contributed by atoms with Crippen molar-refractivity contribution in [1.29, 1.82) is 0 Å². The first-order chi connectivity index (χ1) is 7.16. The quantitative estimate of drug-likeness (QED) is 0.649. The lowest BCUT2D eigenvalue weighted by Gasteiger charge is -2.22. The van der Waals surface area contributed by atoms with Crippen LogP contribution in [-0.4, -0.2) is 4.98 Å². The molecule has 0 aromatic carbocycles. The number of furan rings is 1. The van der Waals surface area contributed by atoms with Crippen LogP contribution in [0.2, 0.25) is 0 Å². The van der Waals surface area contributed by atoms with E-state index in [0.29, 0.717) is 0 Å². The molecule has 2 heteroatoms. The smallest absolute Gasteiger partial charge is 0.153 e. The third kappa shape index (κ3) is 1.29. The molecule has 0 amide bonds. The Balaban J connectivity index is 2.29. The Morgan fingerprint density at radius 3 is 3.13 bits per heavy atom. The molecule has 0 unspecified atom stereocenters. The van der Waals surface area contributed by atoms with Crippen LogP contribution in [-0.2, 0) is 6.42 Å². The molecule has 3 rings (SSSR count). The standard InChI is InChI=1S/C13H13NO/c1-13(2)6-5-10-9(8-13)12-11(15-10)4-3-7-14-12/h3-7H,8H2,1-2H3. The van der Waals surface area contributed by atoms with Gasteiger partial charge in [0.05, 0.1) is 0 Å². The van der Waals surface area contributed by atoms with E-state index in [1.807, 2.05) is 18.3 Å². The minimum atomic E-state index is 0.210. The monoisotopic (exact) mass is 199 g/mol. The largest absolute Gasteiger partial charge is 0.455 e. The molecule has 0 N–H and O–H groups in total. The zero-order chi connectivity index (χ0) is 10.5. The first-order valence-corrected chi connectivity index (χ1v) is 5.21. The lowest BCUT2D eigenvalue weighted by Crippen LogP contribution is -2.14. The number of hydrogen-bond acceptors (Lipinski definition) is 2. The molecule has 0 radical (unpaired) electrons. The van der Waals surface area contributed by atoms with Crippen molar-refractivity contribution in [3.63, 3.8) is 0 Å². The zero-order valence-electron chi connectivity index (χ0n) is 8.95. The number of allylic oxidation sites excluding steroid dienone is 1. The molecule has 1 aliphatic rings. The first kappa shape index (κ1) is 8.72. The van der Waals surface area contributed by atoms with Gasteiger partial charge in [-0.1, -0.05) is 19.9 Å². The van der Waals surface area contributed by atoms with E-state index in [9.17, 15) is 0 Å². The summed E-state index contributed by atoms with van der Waals surface area (Å²) in [5, 5.41) is 0. The van der Waals surface area contributed by atoms with Crippen molar-refractivity contribution < 1.29 is 4.42 Å². The van der Waals surface area contributed by atoms with Crippen molar-refractivity contribution in [1.82, 2.24) is 4.98 Å². The van der Waals surface area contributed by atoms with Crippen LogP contribution >= 0.6 is 0 Å². The summed E-state index contributed by atoms with van der Waals surface area (Å²) in [5.41, 5.74) is 3.37. The summed E-state index contributed by atoms with van der Waals surface area (Å²) in [7, 11) is 0. The predicted octanol–water partition coefficient (Wildman–Crippen LogP) is 3.42. The highest BCUT2D eigenvalue weighted by Gasteiger charge is 2.25. The summed E-state index contributed by atoms with van der Waals surface area (Å²) >= 11 is 0. The molecule has 0 aliphatic heterocycles. The van der Waals surface area contributed by atoms with E-state index in [-0.39, 0.29) is 5.41 Å². The van der Waals surface area contributed by atoms with E-state index >= 15 is 0 Å². The maximum atomic E-state index is 5.73. The fourth-order valence-electron chi connectivity index (χ4n) is 2.12. The highest BCUT2D eigenvalue weighted by atomic mass is 16.3. The highest BCUT2D eigenvalue weighted by Crippen LogP contribution is 2.36.